The number of carbonyl (C=O) groups is 1. The van der Waals surface area contributed by atoms with Crippen molar-refractivity contribution >= 4 is 41.8 Å². The zero-order valence-corrected chi connectivity index (χ0v) is 12.4. The fourth-order valence-electron chi connectivity index (χ4n) is 1.88. The topological polar surface area (TPSA) is 63.7 Å². The van der Waals surface area contributed by atoms with Crippen LogP contribution in [-0.2, 0) is 14.0 Å². The van der Waals surface area contributed by atoms with Gasteiger partial charge in [0.05, 0.1) is 19.6 Å². The van der Waals surface area contributed by atoms with E-state index in [2.05, 4.69) is 15.9 Å². The predicted molar refractivity (Wildman–Crippen MR) is 69.7 cm³/mol. The molecule has 1 amide bonds. The third kappa shape index (κ3) is 2.34. The van der Waals surface area contributed by atoms with Gasteiger partial charge in [0, 0.05) is 20.7 Å². The average Bonchev–Trinajstić information content (AvgIpc) is 2.23. The molecule has 18 heavy (non-hydrogen) atoms. The first-order chi connectivity index (χ1) is 8.34. The van der Waals surface area contributed by atoms with Gasteiger partial charge in [0.2, 0.25) is 5.91 Å². The van der Waals surface area contributed by atoms with Crippen LogP contribution in [0.25, 0.3) is 0 Å². The first-order valence-corrected chi connectivity index (χ1v) is 8.01. The number of β-lactam (4-membered cyclic amide) rings is 1. The molecule has 98 valence electrons. The van der Waals surface area contributed by atoms with Crippen LogP contribution in [0.3, 0.4) is 0 Å². The van der Waals surface area contributed by atoms with Gasteiger partial charge < -0.3 is 4.74 Å². The van der Waals surface area contributed by atoms with Gasteiger partial charge in [-0.15, -0.1) is 0 Å². The Morgan fingerprint density at radius 3 is 2.67 bits per heavy atom. The Hall–Kier alpha value is -0.790. The Balaban J connectivity index is 2.44. The van der Waals surface area contributed by atoms with Crippen LogP contribution in [0, 0.1) is 0 Å². The van der Waals surface area contributed by atoms with Crippen LogP contribution in [0.15, 0.2) is 22.7 Å². The highest BCUT2D eigenvalue weighted by Gasteiger charge is 2.45. The molecule has 8 heteroatoms. The molecule has 1 fully saturated rings. The van der Waals surface area contributed by atoms with E-state index in [1.54, 1.807) is 18.2 Å². The van der Waals surface area contributed by atoms with E-state index >= 15 is 0 Å². The lowest BCUT2D eigenvalue weighted by atomic mass is 9.96. The summed E-state index contributed by atoms with van der Waals surface area (Å²) in [7, 11) is 2.65. The molecule has 1 aromatic rings. The second kappa shape index (κ2) is 4.71. The molecule has 1 saturated heterocycles. The van der Waals surface area contributed by atoms with Gasteiger partial charge in [-0.25, -0.2) is 4.31 Å². The van der Waals surface area contributed by atoms with Crippen molar-refractivity contribution in [1.29, 1.82) is 0 Å². The summed E-state index contributed by atoms with van der Waals surface area (Å²) in [4.78, 5) is 11.4. The maximum atomic E-state index is 11.4. The molecule has 1 atom stereocenters. The summed E-state index contributed by atoms with van der Waals surface area (Å²) in [5, 5.41) is 0. The second-order valence-electron chi connectivity index (χ2n) is 3.74. The Labute approximate surface area is 117 Å². The molecule has 0 N–H and O–H groups in total. The minimum absolute atomic E-state index is 0.0960. The lowest BCUT2D eigenvalue weighted by molar-refractivity contribution is -0.137. The molecule has 1 unspecified atom stereocenters. The van der Waals surface area contributed by atoms with Gasteiger partial charge in [-0.1, -0.05) is 15.9 Å². The number of carbonyl (C=O) groups excluding carboxylic acids is 1. The molecule has 0 radical (unpaired) electrons. The van der Waals surface area contributed by atoms with Crippen molar-refractivity contribution < 1.29 is 17.9 Å². The van der Waals surface area contributed by atoms with Crippen molar-refractivity contribution in [3.63, 3.8) is 0 Å². The van der Waals surface area contributed by atoms with Crippen LogP contribution in [-0.4, -0.2) is 25.7 Å². The highest BCUT2D eigenvalue weighted by molar-refractivity contribution is 9.10. The van der Waals surface area contributed by atoms with E-state index in [1.807, 2.05) is 0 Å². The predicted octanol–water partition coefficient (Wildman–Crippen LogP) is 2.21. The van der Waals surface area contributed by atoms with E-state index in [1.165, 1.54) is 7.11 Å². The van der Waals surface area contributed by atoms with Crippen LogP contribution < -0.4 is 4.74 Å². The molecule has 0 saturated carbocycles. The largest absolute Gasteiger partial charge is 0.496 e. The van der Waals surface area contributed by atoms with Crippen LogP contribution in [0.4, 0.5) is 0 Å². The van der Waals surface area contributed by atoms with Gasteiger partial charge in [-0.2, -0.15) is 8.42 Å². The Morgan fingerprint density at radius 2 is 2.17 bits per heavy atom. The van der Waals surface area contributed by atoms with Crippen LogP contribution >= 0.6 is 26.6 Å². The van der Waals surface area contributed by atoms with E-state index in [0.717, 1.165) is 4.47 Å². The fraction of sp³-hybridized carbons (Fsp3) is 0.300. The molecular weight excluding hydrogens is 346 g/mol. The maximum Gasteiger partial charge on any atom is 0.324 e. The summed E-state index contributed by atoms with van der Waals surface area (Å²) in [5.74, 6) is -0.00181. The van der Waals surface area contributed by atoms with Crippen LogP contribution in [0.1, 0.15) is 18.0 Å². The maximum absolute atomic E-state index is 11.4. The molecule has 0 bridgehead atoms. The molecule has 0 spiro atoms. The number of amides is 1. The minimum Gasteiger partial charge on any atom is -0.496 e. The third-order valence-corrected chi connectivity index (χ3v) is 4.55. The molecule has 2 rings (SSSR count). The molecule has 1 aromatic carbocycles. The van der Waals surface area contributed by atoms with Crippen molar-refractivity contribution in [3.05, 3.63) is 28.2 Å². The minimum atomic E-state index is -4.07. The standard InChI is InChI=1S/C10H9BrClNO4S/c1-17-9-3-2-6(11)4-7(9)8-5-10(14)13(8)18(12,15)16/h2-4,8H,5H2,1H3. The van der Waals surface area contributed by atoms with Crippen LogP contribution in [0.5, 0.6) is 5.75 Å². The number of hydrogen-bond donors (Lipinski definition) is 0. The summed E-state index contributed by atoms with van der Waals surface area (Å²) in [6.45, 7) is 0. The zero-order chi connectivity index (χ0) is 13.5. The van der Waals surface area contributed by atoms with Crippen molar-refractivity contribution in [2.24, 2.45) is 0 Å². The molecule has 1 heterocycles. The molecule has 0 aromatic heterocycles. The van der Waals surface area contributed by atoms with Gasteiger partial charge in [0.1, 0.15) is 5.75 Å². The first-order valence-electron chi connectivity index (χ1n) is 4.95. The number of hydrogen-bond acceptors (Lipinski definition) is 4. The number of nitrogens with zero attached hydrogens (tertiary/aromatic N) is 1. The van der Waals surface area contributed by atoms with Gasteiger partial charge in [-0.05, 0) is 18.2 Å². The van der Waals surface area contributed by atoms with Gasteiger partial charge >= 0.3 is 9.24 Å². The van der Waals surface area contributed by atoms with Gasteiger partial charge in [0.25, 0.3) is 0 Å². The van der Waals surface area contributed by atoms with Crippen molar-refractivity contribution in [2.75, 3.05) is 7.11 Å². The Bertz CT molecular complexity index is 604. The average molecular weight is 355 g/mol. The number of benzene rings is 1. The fourth-order valence-corrected chi connectivity index (χ4v) is 3.58. The summed E-state index contributed by atoms with van der Waals surface area (Å²) < 4.78 is 29.2. The monoisotopic (exact) mass is 353 g/mol. The second-order valence-corrected chi connectivity index (χ2v) is 7.04. The summed E-state index contributed by atoms with van der Waals surface area (Å²) in [6.07, 6.45) is 0.0960. The van der Waals surface area contributed by atoms with Crippen LogP contribution in [0.2, 0.25) is 0 Å². The Kier molecular flexibility index (Phi) is 3.57. The molecule has 5 nitrogen and oxygen atoms in total. The summed E-state index contributed by atoms with van der Waals surface area (Å²) in [5.41, 5.74) is 0.607. The van der Waals surface area contributed by atoms with Crippen molar-refractivity contribution in [2.45, 2.75) is 12.5 Å². The smallest absolute Gasteiger partial charge is 0.324 e. The van der Waals surface area contributed by atoms with E-state index in [9.17, 15) is 13.2 Å². The van der Waals surface area contributed by atoms with E-state index in [4.69, 9.17) is 15.4 Å². The van der Waals surface area contributed by atoms with Gasteiger partial charge in [-0.3, -0.25) is 4.79 Å². The normalized spacial score (nSPS) is 19.6. The number of halogens is 2. The molecule has 1 aliphatic heterocycles. The van der Waals surface area contributed by atoms with E-state index < -0.39 is 21.2 Å². The van der Waals surface area contributed by atoms with E-state index in [0.29, 0.717) is 15.6 Å². The van der Waals surface area contributed by atoms with Gasteiger partial charge in [0.15, 0.2) is 0 Å². The summed E-state index contributed by atoms with van der Waals surface area (Å²) >= 11 is 3.29. The lowest BCUT2D eigenvalue weighted by Gasteiger charge is -2.37. The molecule has 0 aliphatic carbocycles. The third-order valence-electron chi connectivity index (χ3n) is 2.68. The highest BCUT2D eigenvalue weighted by atomic mass is 79.9. The molecular formula is C10H9BrClNO4S. The Morgan fingerprint density at radius 1 is 1.50 bits per heavy atom. The highest BCUT2D eigenvalue weighted by Crippen LogP contribution is 2.42. The zero-order valence-electron chi connectivity index (χ0n) is 9.26. The lowest BCUT2D eigenvalue weighted by Crippen LogP contribution is -2.48. The van der Waals surface area contributed by atoms with Crippen molar-refractivity contribution in [3.8, 4) is 5.75 Å². The van der Waals surface area contributed by atoms with E-state index in [-0.39, 0.29) is 6.42 Å². The quantitative estimate of drug-likeness (QED) is 0.617. The van der Waals surface area contributed by atoms with Crippen molar-refractivity contribution in [1.82, 2.24) is 4.31 Å². The number of methoxy groups -OCH3 is 1. The number of ether oxygens (including phenoxy) is 1. The SMILES string of the molecule is COc1ccc(Br)cc1C1CC(=O)N1S(=O)(=O)Cl. The molecule has 1 aliphatic rings. The number of rotatable bonds is 3. The first kappa shape index (κ1) is 13.6. The summed E-state index contributed by atoms with van der Waals surface area (Å²) in [6, 6.07) is 4.57.